The smallest absolute Gasteiger partial charge is 0.0991 e. The molecule has 3 aromatic carbocycles. The summed E-state index contributed by atoms with van der Waals surface area (Å²) in [4.78, 5) is 2.22. The highest BCUT2D eigenvalue weighted by Gasteiger charge is 2.06. The molecule has 0 fully saturated rings. The van der Waals surface area contributed by atoms with E-state index < -0.39 is 0 Å². The van der Waals surface area contributed by atoms with Crippen molar-refractivity contribution in [3.63, 3.8) is 0 Å². The second-order valence-corrected chi connectivity index (χ2v) is 5.17. The zero-order valence-electron chi connectivity index (χ0n) is 12.0. The van der Waals surface area contributed by atoms with E-state index >= 15 is 0 Å². The molecular formula is C19H16N2. The Morgan fingerprint density at radius 3 is 2.57 bits per heavy atom. The van der Waals surface area contributed by atoms with E-state index in [0.29, 0.717) is 5.56 Å². The monoisotopic (exact) mass is 272 g/mol. The molecule has 21 heavy (non-hydrogen) atoms. The summed E-state index contributed by atoms with van der Waals surface area (Å²) in [6.07, 6.45) is 0. The third-order valence-corrected chi connectivity index (χ3v) is 3.65. The third-order valence-electron chi connectivity index (χ3n) is 3.65. The van der Waals surface area contributed by atoms with Crippen molar-refractivity contribution in [2.45, 2.75) is 6.54 Å². The number of hydrogen-bond donors (Lipinski definition) is 0. The van der Waals surface area contributed by atoms with Gasteiger partial charge in [-0.2, -0.15) is 5.26 Å². The first-order valence-corrected chi connectivity index (χ1v) is 6.96. The summed E-state index contributed by atoms with van der Waals surface area (Å²) in [5.74, 6) is 0. The van der Waals surface area contributed by atoms with Crippen molar-refractivity contribution in [2.75, 3.05) is 11.9 Å². The van der Waals surface area contributed by atoms with E-state index in [2.05, 4.69) is 66.5 Å². The maximum Gasteiger partial charge on any atom is 0.0991 e. The van der Waals surface area contributed by atoms with E-state index in [0.717, 1.165) is 12.1 Å². The van der Waals surface area contributed by atoms with Crippen molar-refractivity contribution in [2.24, 2.45) is 0 Å². The third kappa shape index (κ3) is 2.73. The molecule has 0 aliphatic carbocycles. The summed E-state index contributed by atoms with van der Waals surface area (Å²) in [7, 11) is 2.08. The van der Waals surface area contributed by atoms with Gasteiger partial charge in [0.15, 0.2) is 0 Å². The zero-order chi connectivity index (χ0) is 14.7. The van der Waals surface area contributed by atoms with Gasteiger partial charge in [0.2, 0.25) is 0 Å². The molecule has 0 amide bonds. The highest BCUT2D eigenvalue weighted by molar-refractivity contribution is 5.94. The van der Waals surface area contributed by atoms with Crippen LogP contribution in [0.15, 0.2) is 66.7 Å². The van der Waals surface area contributed by atoms with E-state index in [1.165, 1.54) is 16.5 Å². The van der Waals surface area contributed by atoms with Gasteiger partial charge >= 0.3 is 0 Å². The van der Waals surface area contributed by atoms with Crippen LogP contribution in [0.4, 0.5) is 5.69 Å². The van der Waals surface area contributed by atoms with Gasteiger partial charge in [-0.25, -0.2) is 0 Å². The van der Waals surface area contributed by atoms with Crippen molar-refractivity contribution in [3.8, 4) is 6.07 Å². The summed E-state index contributed by atoms with van der Waals surface area (Å²) in [6, 6.07) is 24.7. The molecule has 0 saturated heterocycles. The molecule has 0 bridgehead atoms. The van der Waals surface area contributed by atoms with Crippen molar-refractivity contribution >= 4 is 16.5 Å². The van der Waals surface area contributed by atoms with Crippen LogP contribution in [0, 0.1) is 11.3 Å². The standard InChI is InChI=1S/C19H16N2/c1-21(14-16-7-4-6-15(12-16)13-20)19-11-5-9-17-8-2-3-10-18(17)19/h2-12H,14H2,1H3. The number of nitriles is 1. The maximum atomic E-state index is 8.99. The molecule has 0 unspecified atom stereocenters. The van der Waals surface area contributed by atoms with E-state index in [9.17, 15) is 0 Å². The van der Waals surface area contributed by atoms with Crippen LogP contribution < -0.4 is 4.90 Å². The van der Waals surface area contributed by atoms with Gasteiger partial charge in [-0.05, 0) is 29.1 Å². The molecule has 0 aromatic heterocycles. The molecule has 0 aliphatic heterocycles. The molecule has 102 valence electrons. The second kappa shape index (κ2) is 5.68. The van der Waals surface area contributed by atoms with Gasteiger partial charge in [-0.3, -0.25) is 0 Å². The summed E-state index contributed by atoms with van der Waals surface area (Å²) < 4.78 is 0. The maximum absolute atomic E-state index is 8.99. The van der Waals surface area contributed by atoms with Crippen LogP contribution in [0.5, 0.6) is 0 Å². The molecule has 0 heterocycles. The minimum atomic E-state index is 0.707. The topological polar surface area (TPSA) is 27.0 Å². The molecule has 0 radical (unpaired) electrons. The van der Waals surface area contributed by atoms with Crippen LogP contribution in [-0.2, 0) is 6.54 Å². The fraction of sp³-hybridized carbons (Fsp3) is 0.105. The molecule has 3 aromatic rings. The Labute approximate surface area is 124 Å². The van der Waals surface area contributed by atoms with Crippen LogP contribution in [0.3, 0.4) is 0 Å². The molecular weight excluding hydrogens is 256 g/mol. The average molecular weight is 272 g/mol. The van der Waals surface area contributed by atoms with Gasteiger partial charge in [-0.1, -0.05) is 48.5 Å². The fourth-order valence-electron chi connectivity index (χ4n) is 2.64. The lowest BCUT2D eigenvalue weighted by molar-refractivity contribution is 0.927. The lowest BCUT2D eigenvalue weighted by atomic mass is 10.1. The number of anilines is 1. The highest BCUT2D eigenvalue weighted by Crippen LogP contribution is 2.26. The zero-order valence-corrected chi connectivity index (χ0v) is 12.0. The summed E-state index contributed by atoms with van der Waals surface area (Å²) in [5.41, 5.74) is 3.05. The summed E-state index contributed by atoms with van der Waals surface area (Å²) in [5, 5.41) is 11.5. The largest absolute Gasteiger partial charge is 0.370 e. The molecule has 0 atom stereocenters. The van der Waals surface area contributed by atoms with Crippen LogP contribution in [0.1, 0.15) is 11.1 Å². The van der Waals surface area contributed by atoms with Gasteiger partial charge in [0.25, 0.3) is 0 Å². The van der Waals surface area contributed by atoms with Crippen LogP contribution >= 0.6 is 0 Å². The van der Waals surface area contributed by atoms with Crippen molar-refractivity contribution < 1.29 is 0 Å². The van der Waals surface area contributed by atoms with Crippen molar-refractivity contribution in [3.05, 3.63) is 77.9 Å². The van der Waals surface area contributed by atoms with Crippen LogP contribution in [0.2, 0.25) is 0 Å². The number of hydrogen-bond acceptors (Lipinski definition) is 2. The molecule has 0 N–H and O–H groups in total. The van der Waals surface area contributed by atoms with E-state index in [1.807, 2.05) is 18.2 Å². The van der Waals surface area contributed by atoms with Gasteiger partial charge in [0.05, 0.1) is 11.6 Å². The first-order chi connectivity index (χ1) is 10.3. The first-order valence-electron chi connectivity index (χ1n) is 6.96. The molecule has 2 heteroatoms. The Morgan fingerprint density at radius 2 is 1.71 bits per heavy atom. The quantitative estimate of drug-likeness (QED) is 0.709. The first kappa shape index (κ1) is 13.2. The second-order valence-electron chi connectivity index (χ2n) is 5.17. The lowest BCUT2D eigenvalue weighted by Gasteiger charge is -2.21. The van der Waals surface area contributed by atoms with E-state index in [-0.39, 0.29) is 0 Å². The fourth-order valence-corrected chi connectivity index (χ4v) is 2.64. The predicted molar refractivity (Wildman–Crippen MR) is 87.2 cm³/mol. The Morgan fingerprint density at radius 1 is 0.952 bits per heavy atom. The Bertz CT molecular complexity index is 810. The Hall–Kier alpha value is -2.79. The molecule has 3 rings (SSSR count). The minimum Gasteiger partial charge on any atom is -0.370 e. The Kier molecular flexibility index (Phi) is 3.57. The Balaban J connectivity index is 1.94. The highest BCUT2D eigenvalue weighted by atomic mass is 15.1. The molecule has 0 spiro atoms. The minimum absolute atomic E-state index is 0.707. The molecule has 0 aliphatic rings. The lowest BCUT2D eigenvalue weighted by Crippen LogP contribution is -2.16. The number of fused-ring (bicyclic) bond motifs is 1. The van der Waals surface area contributed by atoms with E-state index in [1.54, 1.807) is 0 Å². The number of nitrogens with zero attached hydrogens (tertiary/aromatic N) is 2. The van der Waals surface area contributed by atoms with Crippen LogP contribution in [-0.4, -0.2) is 7.05 Å². The average Bonchev–Trinajstić information content (AvgIpc) is 2.54. The normalized spacial score (nSPS) is 10.3. The summed E-state index contributed by atoms with van der Waals surface area (Å²) in [6.45, 7) is 0.781. The molecule has 0 saturated carbocycles. The molecule has 2 nitrogen and oxygen atoms in total. The predicted octanol–water partition coefficient (Wildman–Crippen LogP) is 4.35. The van der Waals surface area contributed by atoms with Gasteiger partial charge in [0.1, 0.15) is 0 Å². The van der Waals surface area contributed by atoms with Crippen molar-refractivity contribution in [1.82, 2.24) is 0 Å². The number of rotatable bonds is 3. The van der Waals surface area contributed by atoms with Gasteiger partial charge in [0, 0.05) is 24.7 Å². The SMILES string of the molecule is CN(Cc1cccc(C#N)c1)c1cccc2ccccc12. The van der Waals surface area contributed by atoms with Gasteiger partial charge in [-0.15, -0.1) is 0 Å². The van der Waals surface area contributed by atoms with E-state index in [4.69, 9.17) is 5.26 Å². The van der Waals surface area contributed by atoms with Crippen molar-refractivity contribution in [1.29, 1.82) is 5.26 Å². The number of benzene rings is 3. The summed E-state index contributed by atoms with van der Waals surface area (Å²) >= 11 is 0. The van der Waals surface area contributed by atoms with Crippen LogP contribution in [0.25, 0.3) is 10.8 Å². The van der Waals surface area contributed by atoms with Gasteiger partial charge < -0.3 is 4.90 Å².